The third-order valence-electron chi connectivity index (χ3n) is 4.25. The fourth-order valence-corrected chi connectivity index (χ4v) is 2.81. The number of aromatic hydroxyl groups is 1. The van der Waals surface area contributed by atoms with E-state index in [9.17, 15) is 9.90 Å². The second-order valence-corrected chi connectivity index (χ2v) is 5.83. The van der Waals surface area contributed by atoms with E-state index in [0.717, 1.165) is 5.39 Å². The van der Waals surface area contributed by atoms with E-state index in [1.807, 2.05) is 12.1 Å². The average Bonchev–Trinajstić information content (AvgIpc) is 2.73. The fourth-order valence-electron chi connectivity index (χ4n) is 2.81. The number of nitrogens with zero attached hydrogens (tertiary/aromatic N) is 1. The molecule has 0 aliphatic rings. The molecule has 144 valence electrons. The second-order valence-electron chi connectivity index (χ2n) is 5.83. The molecule has 0 aliphatic heterocycles. The van der Waals surface area contributed by atoms with E-state index in [1.54, 1.807) is 36.4 Å². The molecule has 0 saturated heterocycles. The molecule has 3 rings (SSSR count). The Morgan fingerprint density at radius 2 is 1.64 bits per heavy atom. The van der Waals surface area contributed by atoms with Crippen molar-refractivity contribution < 1.29 is 24.1 Å². The van der Waals surface area contributed by atoms with Crippen LogP contribution in [0.5, 0.6) is 23.0 Å². The van der Waals surface area contributed by atoms with Crippen LogP contribution < -0.4 is 19.6 Å². The Hall–Kier alpha value is -3.74. The minimum atomic E-state index is -0.529. The van der Waals surface area contributed by atoms with Crippen molar-refractivity contribution in [2.24, 2.45) is 5.10 Å². The van der Waals surface area contributed by atoms with Gasteiger partial charge in [-0.2, -0.15) is 5.10 Å². The summed E-state index contributed by atoms with van der Waals surface area (Å²) in [6.07, 6.45) is 1.43. The molecule has 0 aliphatic carbocycles. The molecule has 0 aromatic heterocycles. The van der Waals surface area contributed by atoms with Gasteiger partial charge in [0.15, 0.2) is 11.5 Å². The Kier molecular flexibility index (Phi) is 5.64. The number of hydrogen-bond donors (Lipinski definition) is 2. The Bertz CT molecular complexity index is 1050. The van der Waals surface area contributed by atoms with Crippen molar-refractivity contribution in [1.29, 1.82) is 0 Å². The Labute approximate surface area is 162 Å². The van der Waals surface area contributed by atoms with Crippen LogP contribution in [-0.2, 0) is 0 Å². The lowest BCUT2D eigenvalue weighted by Gasteiger charge is -2.11. The summed E-state index contributed by atoms with van der Waals surface area (Å²) in [7, 11) is 4.57. The molecule has 1 amide bonds. The van der Waals surface area contributed by atoms with Crippen molar-refractivity contribution in [1.82, 2.24) is 5.43 Å². The van der Waals surface area contributed by atoms with Crippen LogP contribution in [0, 0.1) is 0 Å². The molecule has 2 N–H and O–H groups in total. The van der Waals surface area contributed by atoms with Crippen molar-refractivity contribution in [3.8, 4) is 23.0 Å². The molecular formula is C21H20N2O5. The number of phenolic OH excluding ortho intramolecular Hbond substituents is 1. The summed E-state index contributed by atoms with van der Waals surface area (Å²) in [6.45, 7) is 0. The van der Waals surface area contributed by atoms with Crippen molar-refractivity contribution in [3.05, 3.63) is 59.7 Å². The smallest absolute Gasteiger partial charge is 0.275 e. The molecular weight excluding hydrogens is 360 g/mol. The highest BCUT2D eigenvalue weighted by atomic mass is 16.5. The van der Waals surface area contributed by atoms with Gasteiger partial charge >= 0.3 is 0 Å². The number of rotatable bonds is 6. The molecule has 0 atom stereocenters. The van der Waals surface area contributed by atoms with Crippen LogP contribution >= 0.6 is 0 Å². The van der Waals surface area contributed by atoms with Gasteiger partial charge in [0.1, 0.15) is 11.5 Å². The lowest BCUT2D eigenvalue weighted by Crippen LogP contribution is -2.17. The zero-order valence-corrected chi connectivity index (χ0v) is 15.7. The predicted octanol–water partition coefficient (Wildman–Crippen LogP) is 3.34. The summed E-state index contributed by atoms with van der Waals surface area (Å²) in [5.41, 5.74) is 3.13. The van der Waals surface area contributed by atoms with Gasteiger partial charge in [0, 0.05) is 17.0 Å². The SMILES string of the molecule is COc1cc(OC)c(OC)cc1C=NNC(=O)c1ccc2ccccc2c1O. The van der Waals surface area contributed by atoms with Crippen LogP contribution in [0.1, 0.15) is 15.9 Å². The molecule has 0 fully saturated rings. The van der Waals surface area contributed by atoms with Gasteiger partial charge in [0.25, 0.3) is 5.91 Å². The molecule has 3 aromatic rings. The van der Waals surface area contributed by atoms with Crippen LogP contribution in [0.25, 0.3) is 10.8 Å². The number of hydrazone groups is 1. The van der Waals surface area contributed by atoms with E-state index in [1.165, 1.54) is 27.5 Å². The average molecular weight is 380 g/mol. The normalized spacial score (nSPS) is 10.8. The molecule has 0 radical (unpaired) electrons. The number of ether oxygens (including phenoxy) is 3. The van der Waals surface area contributed by atoms with E-state index >= 15 is 0 Å². The van der Waals surface area contributed by atoms with Crippen LogP contribution in [-0.4, -0.2) is 38.6 Å². The molecule has 0 spiro atoms. The highest BCUT2D eigenvalue weighted by molar-refractivity contribution is 6.03. The summed E-state index contributed by atoms with van der Waals surface area (Å²) in [5.74, 6) is 0.905. The molecule has 0 unspecified atom stereocenters. The summed E-state index contributed by atoms with van der Waals surface area (Å²) >= 11 is 0. The minimum absolute atomic E-state index is 0.0884. The molecule has 7 nitrogen and oxygen atoms in total. The number of benzene rings is 3. The first-order valence-corrected chi connectivity index (χ1v) is 8.43. The summed E-state index contributed by atoms with van der Waals surface area (Å²) < 4.78 is 15.8. The number of phenols is 1. The zero-order valence-electron chi connectivity index (χ0n) is 15.7. The maximum absolute atomic E-state index is 12.4. The first kappa shape index (κ1) is 19.0. The number of carbonyl (C=O) groups excluding carboxylic acids is 1. The number of nitrogens with one attached hydrogen (secondary N) is 1. The van der Waals surface area contributed by atoms with Crippen LogP contribution in [0.4, 0.5) is 0 Å². The third kappa shape index (κ3) is 3.68. The molecule has 0 saturated carbocycles. The Morgan fingerprint density at radius 3 is 2.36 bits per heavy atom. The first-order chi connectivity index (χ1) is 13.6. The monoisotopic (exact) mass is 380 g/mol. The third-order valence-corrected chi connectivity index (χ3v) is 4.25. The standard InChI is InChI=1S/C21H20N2O5/c1-26-17-11-19(28-3)18(27-2)10-14(17)12-22-23-21(25)16-9-8-13-6-4-5-7-15(13)20(16)24/h4-12,24H,1-3H3,(H,23,25). The van der Waals surface area contributed by atoms with Crippen molar-refractivity contribution >= 4 is 22.9 Å². The van der Waals surface area contributed by atoms with Gasteiger partial charge in [-0.25, -0.2) is 5.43 Å². The van der Waals surface area contributed by atoms with Crippen molar-refractivity contribution in [3.63, 3.8) is 0 Å². The van der Waals surface area contributed by atoms with Crippen molar-refractivity contribution in [2.45, 2.75) is 0 Å². The molecule has 0 bridgehead atoms. The van der Waals surface area contributed by atoms with Gasteiger partial charge in [0.05, 0.1) is 33.1 Å². The Balaban J connectivity index is 1.83. The van der Waals surface area contributed by atoms with E-state index in [-0.39, 0.29) is 11.3 Å². The van der Waals surface area contributed by atoms with E-state index < -0.39 is 5.91 Å². The number of carbonyl (C=O) groups is 1. The maximum atomic E-state index is 12.4. The van der Waals surface area contributed by atoms with E-state index in [0.29, 0.717) is 28.2 Å². The maximum Gasteiger partial charge on any atom is 0.275 e. The van der Waals surface area contributed by atoms with Gasteiger partial charge in [-0.1, -0.05) is 30.3 Å². The number of amides is 1. The summed E-state index contributed by atoms with van der Waals surface area (Å²) in [4.78, 5) is 12.4. The highest BCUT2D eigenvalue weighted by Crippen LogP contribution is 2.33. The minimum Gasteiger partial charge on any atom is -0.506 e. The number of fused-ring (bicyclic) bond motifs is 1. The highest BCUT2D eigenvalue weighted by Gasteiger charge is 2.14. The van der Waals surface area contributed by atoms with Crippen LogP contribution in [0.15, 0.2) is 53.6 Å². The van der Waals surface area contributed by atoms with Gasteiger partial charge in [-0.3, -0.25) is 4.79 Å². The number of hydrogen-bond acceptors (Lipinski definition) is 6. The first-order valence-electron chi connectivity index (χ1n) is 8.43. The molecule has 28 heavy (non-hydrogen) atoms. The second kappa shape index (κ2) is 8.30. The van der Waals surface area contributed by atoms with Gasteiger partial charge in [-0.15, -0.1) is 0 Å². The zero-order chi connectivity index (χ0) is 20.1. The van der Waals surface area contributed by atoms with Crippen LogP contribution in [0.2, 0.25) is 0 Å². The topological polar surface area (TPSA) is 89.4 Å². The molecule has 3 aromatic carbocycles. The summed E-state index contributed by atoms with van der Waals surface area (Å²) in [5, 5.41) is 15.8. The van der Waals surface area contributed by atoms with Gasteiger partial charge < -0.3 is 19.3 Å². The van der Waals surface area contributed by atoms with Crippen molar-refractivity contribution in [2.75, 3.05) is 21.3 Å². The van der Waals surface area contributed by atoms with Gasteiger partial charge in [-0.05, 0) is 17.5 Å². The van der Waals surface area contributed by atoms with Gasteiger partial charge in [0.2, 0.25) is 0 Å². The molecule has 7 heteroatoms. The lowest BCUT2D eigenvalue weighted by molar-refractivity contribution is 0.0952. The van der Waals surface area contributed by atoms with Crippen LogP contribution in [0.3, 0.4) is 0 Å². The number of methoxy groups -OCH3 is 3. The fraction of sp³-hybridized carbons (Fsp3) is 0.143. The van der Waals surface area contributed by atoms with E-state index in [2.05, 4.69) is 10.5 Å². The lowest BCUT2D eigenvalue weighted by atomic mass is 10.1. The predicted molar refractivity (Wildman–Crippen MR) is 107 cm³/mol. The summed E-state index contributed by atoms with van der Waals surface area (Å²) in [6, 6.07) is 13.9. The molecule has 0 heterocycles. The quantitative estimate of drug-likeness (QED) is 0.506. The van der Waals surface area contributed by atoms with E-state index in [4.69, 9.17) is 14.2 Å². The largest absolute Gasteiger partial charge is 0.506 e. The Morgan fingerprint density at radius 1 is 0.964 bits per heavy atom.